The van der Waals surface area contributed by atoms with Crippen LogP contribution in [0.2, 0.25) is 5.02 Å². The van der Waals surface area contributed by atoms with Gasteiger partial charge in [-0.05, 0) is 17.7 Å². The average Bonchev–Trinajstić information content (AvgIpc) is 1.83. The molecule has 0 saturated heterocycles. The highest BCUT2D eigenvalue weighted by Gasteiger charge is 1.99. The fourth-order valence-electron chi connectivity index (χ4n) is 0.566. The highest BCUT2D eigenvalue weighted by molar-refractivity contribution is 9.08. The summed E-state index contributed by atoms with van der Waals surface area (Å²) in [6.07, 6.45) is 0. The van der Waals surface area contributed by atoms with E-state index in [-0.39, 0.29) is 10.6 Å². The first-order valence-corrected chi connectivity index (χ1v) is 3.73. The monoisotopic (exact) mass is 224 g/mol. The van der Waals surface area contributed by atoms with E-state index in [1.165, 1.54) is 12.1 Å². The SMILES string of the molecule is [2H]C([2H])(Br)c1ccc(Cl)cc1F. The molecule has 1 aromatic carbocycles. The molecule has 0 heterocycles. The molecule has 0 fully saturated rings. The minimum atomic E-state index is -1.85. The topological polar surface area (TPSA) is 0 Å². The molecule has 0 N–H and O–H groups in total. The first-order valence-electron chi connectivity index (χ1n) is 3.55. The molecule has 3 heteroatoms. The molecule has 0 nitrogen and oxygen atoms in total. The van der Waals surface area contributed by atoms with Crippen molar-refractivity contribution in [3.05, 3.63) is 34.6 Å². The Labute approximate surface area is 74.9 Å². The molecule has 0 spiro atoms. The Bertz CT molecular complexity index is 298. The summed E-state index contributed by atoms with van der Waals surface area (Å²) in [5, 5.41) is -1.59. The lowest BCUT2D eigenvalue weighted by Crippen LogP contribution is -1.83. The second-order valence-electron chi connectivity index (χ2n) is 1.72. The lowest BCUT2D eigenvalue weighted by molar-refractivity contribution is 0.618. The average molecular weight is 225 g/mol. The number of alkyl halides is 1. The second kappa shape index (κ2) is 3.35. The molecule has 0 saturated carbocycles. The normalized spacial score (nSPS) is 14.3. The van der Waals surface area contributed by atoms with Crippen LogP contribution in [-0.2, 0) is 5.28 Å². The number of halogens is 3. The molecule has 0 aliphatic rings. The van der Waals surface area contributed by atoms with Gasteiger partial charge >= 0.3 is 0 Å². The van der Waals surface area contributed by atoms with Gasteiger partial charge in [0.25, 0.3) is 0 Å². The van der Waals surface area contributed by atoms with Crippen LogP contribution in [0.3, 0.4) is 0 Å². The maximum Gasteiger partial charge on any atom is 0.128 e. The van der Waals surface area contributed by atoms with E-state index in [9.17, 15) is 4.39 Å². The van der Waals surface area contributed by atoms with Crippen molar-refractivity contribution in [1.29, 1.82) is 0 Å². The van der Waals surface area contributed by atoms with Crippen LogP contribution in [0.25, 0.3) is 0 Å². The number of benzene rings is 1. The highest BCUT2D eigenvalue weighted by atomic mass is 79.9. The summed E-state index contributed by atoms with van der Waals surface area (Å²) in [4.78, 5) is 0. The van der Waals surface area contributed by atoms with Crippen LogP contribution in [0.15, 0.2) is 18.2 Å². The van der Waals surface area contributed by atoms with Gasteiger partial charge in [0, 0.05) is 13.0 Å². The molecular formula is C7H5BrClF. The Balaban J connectivity index is 3.19. The zero-order valence-electron chi connectivity index (χ0n) is 6.87. The summed E-state index contributed by atoms with van der Waals surface area (Å²) in [6, 6.07) is 3.83. The van der Waals surface area contributed by atoms with E-state index < -0.39 is 11.1 Å². The zero-order chi connectivity index (χ0) is 9.35. The van der Waals surface area contributed by atoms with E-state index in [1.807, 2.05) is 0 Å². The molecule has 0 radical (unpaired) electrons. The van der Waals surface area contributed by atoms with Gasteiger partial charge in [-0.3, -0.25) is 0 Å². The largest absolute Gasteiger partial charge is 0.207 e. The summed E-state index contributed by atoms with van der Waals surface area (Å²) in [6.45, 7) is 0. The van der Waals surface area contributed by atoms with Crippen molar-refractivity contribution in [3.63, 3.8) is 0 Å². The van der Waals surface area contributed by atoms with E-state index in [0.29, 0.717) is 0 Å². The first-order chi connectivity index (χ1) is 5.41. The predicted molar refractivity (Wildman–Crippen MR) is 44.0 cm³/mol. The Hall–Kier alpha value is -0.0800. The number of rotatable bonds is 1. The van der Waals surface area contributed by atoms with Crippen molar-refractivity contribution in [2.45, 2.75) is 5.28 Å². The third-order valence-corrected chi connectivity index (χ3v) is 1.70. The first kappa shape index (κ1) is 5.56. The minimum Gasteiger partial charge on any atom is -0.207 e. The lowest BCUT2D eigenvalue weighted by atomic mass is 10.2. The van der Waals surface area contributed by atoms with Gasteiger partial charge in [0.1, 0.15) is 5.82 Å². The second-order valence-corrected chi connectivity index (χ2v) is 2.55. The molecule has 0 unspecified atom stereocenters. The Kier molecular flexibility index (Phi) is 1.86. The van der Waals surface area contributed by atoms with Crippen LogP contribution in [0.5, 0.6) is 0 Å². The van der Waals surface area contributed by atoms with E-state index in [0.717, 1.165) is 6.07 Å². The lowest BCUT2D eigenvalue weighted by Gasteiger charge is -1.96. The molecule has 0 bridgehead atoms. The van der Waals surface area contributed by atoms with Crippen LogP contribution in [0.4, 0.5) is 4.39 Å². The molecule has 0 aliphatic heterocycles. The standard InChI is InChI=1S/C7H5BrClF/c8-4-5-1-2-6(9)3-7(5)10/h1-3H,4H2/i4D2. The van der Waals surface area contributed by atoms with Crippen LogP contribution >= 0.6 is 27.5 Å². The molecule has 1 aromatic rings. The smallest absolute Gasteiger partial charge is 0.128 e. The minimum absolute atomic E-state index is 0.0492. The van der Waals surface area contributed by atoms with Gasteiger partial charge in [-0.2, -0.15) is 0 Å². The summed E-state index contributed by atoms with van der Waals surface area (Å²) >= 11 is 8.20. The fourth-order valence-corrected chi connectivity index (χ4v) is 1.05. The van der Waals surface area contributed by atoms with Crippen molar-refractivity contribution in [1.82, 2.24) is 0 Å². The van der Waals surface area contributed by atoms with Crippen LogP contribution in [0.1, 0.15) is 8.30 Å². The van der Waals surface area contributed by atoms with Gasteiger partial charge < -0.3 is 0 Å². The van der Waals surface area contributed by atoms with Crippen LogP contribution < -0.4 is 0 Å². The molecule has 54 valence electrons. The van der Waals surface area contributed by atoms with Gasteiger partial charge in [-0.1, -0.05) is 33.6 Å². The fraction of sp³-hybridized carbons (Fsp3) is 0.143. The Morgan fingerprint density at radius 3 is 2.90 bits per heavy atom. The van der Waals surface area contributed by atoms with E-state index in [4.69, 9.17) is 14.3 Å². The predicted octanol–water partition coefficient (Wildman–Crippen LogP) is 3.37. The summed E-state index contributed by atoms with van der Waals surface area (Å²) in [7, 11) is 0. The maximum atomic E-state index is 13.0. The number of hydrogen-bond acceptors (Lipinski definition) is 0. The summed E-state index contributed by atoms with van der Waals surface area (Å²) < 4.78 is 27.4. The van der Waals surface area contributed by atoms with Crippen LogP contribution in [0, 0.1) is 5.82 Å². The third-order valence-electron chi connectivity index (χ3n) is 1.03. The van der Waals surface area contributed by atoms with Crippen molar-refractivity contribution in [2.75, 3.05) is 0 Å². The van der Waals surface area contributed by atoms with E-state index >= 15 is 0 Å². The van der Waals surface area contributed by atoms with Crippen molar-refractivity contribution in [2.24, 2.45) is 0 Å². The molecule has 0 aliphatic carbocycles. The highest BCUT2D eigenvalue weighted by Crippen LogP contribution is 2.16. The Morgan fingerprint density at radius 2 is 2.40 bits per heavy atom. The van der Waals surface area contributed by atoms with Gasteiger partial charge in [0.2, 0.25) is 0 Å². The molecular weight excluding hydrogens is 218 g/mol. The maximum absolute atomic E-state index is 13.0. The van der Waals surface area contributed by atoms with Gasteiger partial charge in [0.15, 0.2) is 0 Å². The van der Waals surface area contributed by atoms with E-state index in [2.05, 4.69) is 15.9 Å². The molecule has 0 atom stereocenters. The zero-order valence-corrected chi connectivity index (χ0v) is 7.21. The summed E-state index contributed by atoms with van der Waals surface area (Å²) in [5.41, 5.74) is -0.0492. The molecule has 1 rings (SSSR count). The van der Waals surface area contributed by atoms with Crippen LogP contribution in [-0.4, -0.2) is 0 Å². The molecule has 0 aromatic heterocycles. The van der Waals surface area contributed by atoms with Crippen molar-refractivity contribution in [3.8, 4) is 0 Å². The van der Waals surface area contributed by atoms with Gasteiger partial charge in [0.05, 0.1) is 0 Å². The Morgan fingerprint density at radius 1 is 1.70 bits per heavy atom. The molecule has 10 heavy (non-hydrogen) atoms. The van der Waals surface area contributed by atoms with E-state index in [1.54, 1.807) is 0 Å². The van der Waals surface area contributed by atoms with Gasteiger partial charge in [-0.15, -0.1) is 0 Å². The quantitative estimate of drug-likeness (QED) is 0.643. The molecule has 0 amide bonds. The van der Waals surface area contributed by atoms with Crippen molar-refractivity contribution >= 4 is 27.5 Å². The number of hydrogen-bond donors (Lipinski definition) is 0. The summed E-state index contributed by atoms with van der Waals surface area (Å²) in [5.74, 6) is -0.649. The third kappa shape index (κ3) is 1.70. The van der Waals surface area contributed by atoms with Gasteiger partial charge in [-0.25, -0.2) is 4.39 Å². The van der Waals surface area contributed by atoms with Crippen molar-refractivity contribution < 1.29 is 7.13 Å².